The number of hydrogen-bond donors (Lipinski definition) is 0. The van der Waals surface area contributed by atoms with Crippen molar-refractivity contribution in [2.24, 2.45) is 7.05 Å². The van der Waals surface area contributed by atoms with E-state index in [4.69, 9.17) is 0 Å². The molecule has 0 amide bonds. The number of aromatic nitrogens is 3. The maximum atomic E-state index is 12.3. The van der Waals surface area contributed by atoms with E-state index in [-0.39, 0.29) is 5.69 Å². The maximum Gasteiger partial charge on any atom is 0.348 e. The first-order chi connectivity index (χ1) is 13.0. The molecule has 0 aliphatic rings. The van der Waals surface area contributed by atoms with E-state index < -0.39 is 0 Å². The highest BCUT2D eigenvalue weighted by Gasteiger charge is 2.12. The summed E-state index contributed by atoms with van der Waals surface area (Å²) in [5, 5.41) is 0.942. The summed E-state index contributed by atoms with van der Waals surface area (Å²) >= 11 is 0. The second kappa shape index (κ2) is 6.68. The molecule has 0 spiro atoms. The van der Waals surface area contributed by atoms with Gasteiger partial charge in [-0.1, -0.05) is 36.4 Å². The van der Waals surface area contributed by atoms with E-state index in [0.29, 0.717) is 5.69 Å². The van der Waals surface area contributed by atoms with Crippen molar-refractivity contribution in [2.45, 2.75) is 0 Å². The molecule has 0 aliphatic heterocycles. The van der Waals surface area contributed by atoms with Gasteiger partial charge in [0.1, 0.15) is 5.82 Å². The number of aryl methyl sites for hydroxylation is 1. The van der Waals surface area contributed by atoms with Crippen LogP contribution in [-0.2, 0) is 7.05 Å². The summed E-state index contributed by atoms with van der Waals surface area (Å²) in [7, 11) is 5.69. The summed E-state index contributed by atoms with van der Waals surface area (Å²) in [6.45, 7) is 0. The summed E-state index contributed by atoms with van der Waals surface area (Å²) in [6.07, 6.45) is 1.87. The normalized spacial score (nSPS) is 10.9. The fourth-order valence-corrected chi connectivity index (χ4v) is 3.17. The van der Waals surface area contributed by atoms with Crippen LogP contribution in [0.5, 0.6) is 0 Å². The number of nitrogens with zero attached hydrogens (tertiary/aromatic N) is 4. The Bertz CT molecular complexity index is 1160. The van der Waals surface area contributed by atoms with E-state index in [0.717, 1.165) is 33.4 Å². The largest absolute Gasteiger partial charge is 0.363 e. The minimum Gasteiger partial charge on any atom is -0.363 e. The van der Waals surface area contributed by atoms with Crippen LogP contribution in [0.1, 0.15) is 0 Å². The molecule has 5 heteroatoms. The first kappa shape index (κ1) is 17.0. The predicted molar refractivity (Wildman–Crippen MR) is 110 cm³/mol. The van der Waals surface area contributed by atoms with Crippen LogP contribution in [-0.4, -0.2) is 28.6 Å². The zero-order chi connectivity index (χ0) is 19.0. The van der Waals surface area contributed by atoms with E-state index in [9.17, 15) is 4.79 Å². The molecular formula is C22H20N4O. The van der Waals surface area contributed by atoms with Gasteiger partial charge in [0.25, 0.3) is 0 Å². The van der Waals surface area contributed by atoms with E-state index >= 15 is 0 Å². The minimum atomic E-state index is -0.258. The van der Waals surface area contributed by atoms with Crippen LogP contribution in [0.4, 0.5) is 5.82 Å². The van der Waals surface area contributed by atoms with E-state index in [1.807, 2.05) is 73.7 Å². The molecule has 0 fully saturated rings. The topological polar surface area (TPSA) is 51.0 Å². The Morgan fingerprint density at radius 2 is 1.63 bits per heavy atom. The summed E-state index contributed by atoms with van der Waals surface area (Å²) in [5.74, 6) is 0.911. The van der Waals surface area contributed by atoms with Gasteiger partial charge >= 0.3 is 5.69 Å². The van der Waals surface area contributed by atoms with Crippen molar-refractivity contribution in [1.82, 2.24) is 14.5 Å². The highest BCUT2D eigenvalue weighted by atomic mass is 16.1. The molecule has 0 atom stereocenters. The predicted octanol–water partition coefficient (Wildman–Crippen LogP) is 3.73. The van der Waals surface area contributed by atoms with Gasteiger partial charge in [-0.15, -0.1) is 0 Å². The minimum absolute atomic E-state index is 0.258. The van der Waals surface area contributed by atoms with Gasteiger partial charge in [0.05, 0.1) is 11.2 Å². The van der Waals surface area contributed by atoms with Crippen molar-refractivity contribution < 1.29 is 0 Å². The molecule has 134 valence electrons. The average molecular weight is 356 g/mol. The van der Waals surface area contributed by atoms with E-state index in [1.54, 1.807) is 11.6 Å². The Hall–Kier alpha value is -3.47. The Balaban J connectivity index is 1.93. The molecule has 2 aromatic carbocycles. The Labute approximate surface area is 157 Å². The molecular weight excluding hydrogens is 336 g/mol. The molecule has 0 saturated heterocycles. The third kappa shape index (κ3) is 3.08. The van der Waals surface area contributed by atoms with Crippen LogP contribution in [0.25, 0.3) is 33.3 Å². The van der Waals surface area contributed by atoms with E-state index in [1.165, 1.54) is 0 Å². The summed E-state index contributed by atoms with van der Waals surface area (Å²) in [6, 6.07) is 19.9. The van der Waals surface area contributed by atoms with Gasteiger partial charge in [0.2, 0.25) is 0 Å². The SMILES string of the molecule is CN(C)c1ccc(-c2ccc3c(c2)c(-c2ccccc2)nc(=O)n3C)cn1. The molecule has 0 N–H and O–H groups in total. The van der Waals surface area contributed by atoms with Gasteiger partial charge in [-0.3, -0.25) is 4.57 Å². The molecule has 0 saturated carbocycles. The maximum absolute atomic E-state index is 12.3. The molecule has 0 aliphatic carbocycles. The van der Waals surface area contributed by atoms with Crippen LogP contribution >= 0.6 is 0 Å². The second-order valence-electron chi connectivity index (χ2n) is 6.70. The third-order valence-corrected chi connectivity index (χ3v) is 4.69. The lowest BCUT2D eigenvalue weighted by atomic mass is 10.0. The lowest BCUT2D eigenvalue weighted by Crippen LogP contribution is -2.21. The fraction of sp³-hybridized carbons (Fsp3) is 0.136. The van der Waals surface area contributed by atoms with Crippen LogP contribution in [0.15, 0.2) is 71.7 Å². The molecule has 2 heterocycles. The van der Waals surface area contributed by atoms with E-state index in [2.05, 4.69) is 22.1 Å². The molecule has 0 bridgehead atoms. The Kier molecular flexibility index (Phi) is 4.20. The van der Waals surface area contributed by atoms with Crippen LogP contribution in [0.2, 0.25) is 0 Å². The Morgan fingerprint density at radius 3 is 2.30 bits per heavy atom. The fourth-order valence-electron chi connectivity index (χ4n) is 3.17. The van der Waals surface area contributed by atoms with Gasteiger partial charge < -0.3 is 4.90 Å². The number of hydrogen-bond acceptors (Lipinski definition) is 4. The molecule has 2 aromatic heterocycles. The molecule has 0 unspecified atom stereocenters. The number of anilines is 1. The molecule has 5 nitrogen and oxygen atoms in total. The first-order valence-corrected chi connectivity index (χ1v) is 8.74. The summed E-state index contributed by atoms with van der Waals surface area (Å²) < 4.78 is 1.58. The number of fused-ring (bicyclic) bond motifs is 1. The first-order valence-electron chi connectivity index (χ1n) is 8.74. The summed E-state index contributed by atoms with van der Waals surface area (Å²) in [4.78, 5) is 23.1. The van der Waals surface area contributed by atoms with Crippen molar-refractivity contribution in [3.8, 4) is 22.4 Å². The van der Waals surface area contributed by atoms with Crippen molar-refractivity contribution in [3.63, 3.8) is 0 Å². The van der Waals surface area contributed by atoms with Crippen LogP contribution in [0.3, 0.4) is 0 Å². The molecule has 4 rings (SSSR count). The van der Waals surface area contributed by atoms with Crippen LogP contribution in [0, 0.1) is 0 Å². The van der Waals surface area contributed by atoms with Crippen LogP contribution < -0.4 is 10.6 Å². The highest BCUT2D eigenvalue weighted by Crippen LogP contribution is 2.29. The quantitative estimate of drug-likeness (QED) is 0.561. The van der Waals surface area contributed by atoms with Gasteiger partial charge in [0.15, 0.2) is 0 Å². The highest BCUT2D eigenvalue weighted by molar-refractivity contribution is 5.95. The van der Waals surface area contributed by atoms with Gasteiger partial charge in [-0.25, -0.2) is 9.78 Å². The molecule has 0 radical (unpaired) electrons. The zero-order valence-corrected chi connectivity index (χ0v) is 15.5. The Morgan fingerprint density at radius 1 is 0.889 bits per heavy atom. The standard InChI is InChI=1S/C22H20N4O/c1-25(2)20-12-10-17(14-23-20)16-9-11-19-18(13-16)21(24-22(27)26(19)3)15-7-5-4-6-8-15/h4-14H,1-3H3. The van der Waals surface area contributed by atoms with Crippen molar-refractivity contribution in [3.05, 3.63) is 77.3 Å². The lowest BCUT2D eigenvalue weighted by molar-refractivity contribution is 0.855. The number of rotatable bonds is 3. The monoisotopic (exact) mass is 356 g/mol. The smallest absolute Gasteiger partial charge is 0.348 e. The van der Waals surface area contributed by atoms with Gasteiger partial charge in [0, 0.05) is 43.9 Å². The summed E-state index contributed by atoms with van der Waals surface area (Å²) in [5.41, 5.74) is 4.29. The second-order valence-corrected chi connectivity index (χ2v) is 6.70. The van der Waals surface area contributed by atoms with Crippen molar-refractivity contribution in [1.29, 1.82) is 0 Å². The van der Waals surface area contributed by atoms with Crippen molar-refractivity contribution in [2.75, 3.05) is 19.0 Å². The van der Waals surface area contributed by atoms with Gasteiger partial charge in [-0.05, 0) is 29.8 Å². The molecule has 27 heavy (non-hydrogen) atoms. The average Bonchev–Trinajstić information content (AvgIpc) is 2.71. The third-order valence-electron chi connectivity index (χ3n) is 4.69. The van der Waals surface area contributed by atoms with Gasteiger partial charge in [-0.2, -0.15) is 4.98 Å². The zero-order valence-electron chi connectivity index (χ0n) is 15.5. The number of pyridine rings is 1. The lowest BCUT2D eigenvalue weighted by Gasteiger charge is -2.13. The molecule has 4 aromatic rings. The number of benzene rings is 2. The van der Waals surface area contributed by atoms with Crippen molar-refractivity contribution >= 4 is 16.7 Å².